The van der Waals surface area contributed by atoms with E-state index in [1.54, 1.807) is 6.07 Å². The Labute approximate surface area is 156 Å². The van der Waals surface area contributed by atoms with Crippen LogP contribution in [0.25, 0.3) is 21.8 Å². The number of hydrogen-bond donors (Lipinski definition) is 3. The van der Waals surface area contributed by atoms with Gasteiger partial charge in [-0.15, -0.1) is 0 Å². The second-order valence-corrected chi connectivity index (χ2v) is 6.46. The van der Waals surface area contributed by atoms with Gasteiger partial charge in [-0.05, 0) is 30.3 Å². The molecule has 0 saturated heterocycles. The fraction of sp³-hybridized carbons (Fsp3) is 0.143. The van der Waals surface area contributed by atoms with E-state index in [9.17, 15) is 9.59 Å². The minimum atomic E-state index is -0.155. The highest BCUT2D eigenvalue weighted by Gasteiger charge is 2.13. The molecule has 2 amide bonds. The number of aromatic amines is 1. The summed E-state index contributed by atoms with van der Waals surface area (Å²) >= 11 is 0. The summed E-state index contributed by atoms with van der Waals surface area (Å²) < 4.78 is 1.93. The molecule has 0 aliphatic heterocycles. The first-order valence-corrected chi connectivity index (χ1v) is 8.81. The van der Waals surface area contributed by atoms with Crippen molar-refractivity contribution in [3.63, 3.8) is 0 Å². The van der Waals surface area contributed by atoms with Crippen LogP contribution in [-0.2, 0) is 7.05 Å². The molecular weight excluding hydrogens is 340 g/mol. The molecule has 0 unspecified atom stereocenters. The van der Waals surface area contributed by atoms with Gasteiger partial charge in [-0.3, -0.25) is 9.59 Å². The van der Waals surface area contributed by atoms with Crippen molar-refractivity contribution in [1.29, 1.82) is 0 Å². The van der Waals surface area contributed by atoms with Crippen LogP contribution in [0.2, 0.25) is 0 Å². The smallest absolute Gasteiger partial charge is 0.253 e. The number of aromatic nitrogens is 2. The van der Waals surface area contributed by atoms with Crippen molar-refractivity contribution in [3.05, 3.63) is 72.1 Å². The van der Waals surface area contributed by atoms with Crippen molar-refractivity contribution in [3.8, 4) is 0 Å². The fourth-order valence-electron chi connectivity index (χ4n) is 3.27. The molecule has 27 heavy (non-hydrogen) atoms. The lowest BCUT2D eigenvalue weighted by molar-refractivity contribution is 0.0928. The van der Waals surface area contributed by atoms with Crippen LogP contribution in [0.1, 0.15) is 20.7 Å². The normalized spacial score (nSPS) is 11.0. The van der Waals surface area contributed by atoms with Crippen LogP contribution in [0.5, 0.6) is 0 Å². The zero-order valence-electron chi connectivity index (χ0n) is 15.0. The van der Waals surface area contributed by atoms with E-state index in [1.165, 1.54) is 0 Å². The molecular formula is C21H20N4O2. The van der Waals surface area contributed by atoms with E-state index in [4.69, 9.17) is 0 Å². The van der Waals surface area contributed by atoms with E-state index in [0.717, 1.165) is 21.8 Å². The topological polar surface area (TPSA) is 78.9 Å². The van der Waals surface area contributed by atoms with Crippen LogP contribution < -0.4 is 10.6 Å². The number of carbonyl (C=O) groups excluding carboxylic acids is 2. The second-order valence-electron chi connectivity index (χ2n) is 6.46. The number of para-hydroxylation sites is 1. The summed E-state index contributed by atoms with van der Waals surface area (Å²) in [5.74, 6) is -0.299. The summed E-state index contributed by atoms with van der Waals surface area (Å²) in [4.78, 5) is 27.8. The molecule has 0 aliphatic rings. The van der Waals surface area contributed by atoms with E-state index >= 15 is 0 Å². The zero-order chi connectivity index (χ0) is 18.8. The predicted octanol–water partition coefficient (Wildman–Crippen LogP) is 2.82. The third kappa shape index (κ3) is 3.29. The average molecular weight is 360 g/mol. The Hall–Kier alpha value is -3.54. The third-order valence-electron chi connectivity index (χ3n) is 4.65. The zero-order valence-corrected chi connectivity index (χ0v) is 15.0. The quantitative estimate of drug-likeness (QED) is 0.479. The first kappa shape index (κ1) is 16.9. The fourth-order valence-corrected chi connectivity index (χ4v) is 3.27. The van der Waals surface area contributed by atoms with E-state index < -0.39 is 0 Å². The van der Waals surface area contributed by atoms with Gasteiger partial charge in [0.2, 0.25) is 0 Å². The van der Waals surface area contributed by atoms with Crippen LogP contribution in [0.15, 0.2) is 60.9 Å². The van der Waals surface area contributed by atoms with Gasteiger partial charge in [0.15, 0.2) is 0 Å². The minimum absolute atomic E-state index is 0.144. The summed E-state index contributed by atoms with van der Waals surface area (Å²) in [6.07, 6.45) is 3.67. The lowest BCUT2D eigenvalue weighted by atomic mass is 10.1. The van der Waals surface area contributed by atoms with Gasteiger partial charge < -0.3 is 20.2 Å². The molecule has 136 valence electrons. The molecule has 0 fully saturated rings. The highest BCUT2D eigenvalue weighted by atomic mass is 16.2. The maximum absolute atomic E-state index is 12.5. The van der Waals surface area contributed by atoms with Gasteiger partial charge in [-0.1, -0.05) is 18.2 Å². The number of carbonyl (C=O) groups is 2. The lowest BCUT2D eigenvalue weighted by Crippen LogP contribution is -2.34. The van der Waals surface area contributed by atoms with Gasteiger partial charge in [-0.25, -0.2) is 0 Å². The van der Waals surface area contributed by atoms with Crippen LogP contribution in [0.3, 0.4) is 0 Å². The summed E-state index contributed by atoms with van der Waals surface area (Å²) in [6.45, 7) is 0.723. The van der Waals surface area contributed by atoms with Crippen molar-refractivity contribution in [2.24, 2.45) is 7.05 Å². The molecule has 6 heteroatoms. The van der Waals surface area contributed by atoms with Crippen LogP contribution in [-0.4, -0.2) is 34.5 Å². The Kier molecular flexibility index (Phi) is 4.38. The van der Waals surface area contributed by atoms with Crippen LogP contribution in [0, 0.1) is 0 Å². The van der Waals surface area contributed by atoms with Crippen molar-refractivity contribution < 1.29 is 9.59 Å². The number of benzene rings is 2. The second kappa shape index (κ2) is 6.99. The molecule has 2 heterocycles. The molecule has 0 atom stereocenters. The van der Waals surface area contributed by atoms with Crippen molar-refractivity contribution in [1.82, 2.24) is 20.2 Å². The number of amides is 2. The van der Waals surface area contributed by atoms with E-state index in [2.05, 4.69) is 15.6 Å². The van der Waals surface area contributed by atoms with Gasteiger partial charge in [-0.2, -0.15) is 0 Å². The number of nitrogens with zero attached hydrogens (tertiary/aromatic N) is 1. The summed E-state index contributed by atoms with van der Waals surface area (Å²) in [5, 5.41) is 7.61. The average Bonchev–Trinajstić information content (AvgIpc) is 3.29. The summed E-state index contributed by atoms with van der Waals surface area (Å²) in [5.41, 5.74) is 3.24. The van der Waals surface area contributed by atoms with Crippen LogP contribution >= 0.6 is 0 Å². The van der Waals surface area contributed by atoms with Crippen molar-refractivity contribution >= 4 is 33.6 Å². The number of hydrogen-bond acceptors (Lipinski definition) is 2. The Morgan fingerprint density at radius 3 is 2.63 bits per heavy atom. The molecule has 3 N–H and O–H groups in total. The molecule has 0 radical (unpaired) electrons. The first-order valence-electron chi connectivity index (χ1n) is 8.81. The number of aryl methyl sites for hydroxylation is 1. The Balaban J connectivity index is 1.34. The van der Waals surface area contributed by atoms with Gasteiger partial charge in [0.1, 0.15) is 0 Å². The molecule has 2 aromatic heterocycles. The van der Waals surface area contributed by atoms with E-state index in [1.807, 2.05) is 66.5 Å². The van der Waals surface area contributed by atoms with Crippen LogP contribution in [0.4, 0.5) is 0 Å². The van der Waals surface area contributed by atoms with Gasteiger partial charge in [0.25, 0.3) is 11.8 Å². The summed E-state index contributed by atoms with van der Waals surface area (Å²) in [6, 6.07) is 15.2. The van der Waals surface area contributed by atoms with Crippen molar-refractivity contribution in [2.75, 3.05) is 13.1 Å². The molecule has 0 aliphatic carbocycles. The van der Waals surface area contributed by atoms with E-state index in [-0.39, 0.29) is 11.8 Å². The Morgan fingerprint density at radius 1 is 1.00 bits per heavy atom. The SMILES string of the molecule is Cn1cc(C(=O)NCCNC(=O)c2ccc3[nH]ccc3c2)c2ccccc21. The minimum Gasteiger partial charge on any atom is -0.361 e. The molecule has 0 spiro atoms. The number of nitrogens with one attached hydrogen (secondary N) is 3. The van der Waals surface area contributed by atoms with Gasteiger partial charge in [0, 0.05) is 59.9 Å². The third-order valence-corrected chi connectivity index (χ3v) is 4.65. The van der Waals surface area contributed by atoms with Crippen molar-refractivity contribution in [2.45, 2.75) is 0 Å². The molecule has 4 rings (SSSR count). The highest BCUT2D eigenvalue weighted by Crippen LogP contribution is 2.20. The van der Waals surface area contributed by atoms with Gasteiger partial charge >= 0.3 is 0 Å². The standard InChI is InChI=1S/C21H20N4O2/c1-25-13-17(16-4-2-3-5-19(16)25)21(27)24-11-10-23-20(26)15-6-7-18-14(12-15)8-9-22-18/h2-9,12-13,22H,10-11H2,1H3,(H,23,26)(H,24,27). The largest absolute Gasteiger partial charge is 0.361 e. The number of H-pyrrole nitrogens is 1. The molecule has 2 aromatic carbocycles. The predicted molar refractivity (Wildman–Crippen MR) is 106 cm³/mol. The van der Waals surface area contributed by atoms with E-state index in [0.29, 0.717) is 24.2 Å². The van der Waals surface area contributed by atoms with Gasteiger partial charge in [0.05, 0.1) is 5.56 Å². The molecule has 0 saturated carbocycles. The molecule has 4 aromatic rings. The number of rotatable bonds is 5. The molecule has 0 bridgehead atoms. The monoisotopic (exact) mass is 360 g/mol. The summed E-state index contributed by atoms with van der Waals surface area (Å²) in [7, 11) is 1.92. The Bertz CT molecular complexity index is 1140. The maximum Gasteiger partial charge on any atom is 0.253 e. The maximum atomic E-state index is 12.5. The molecule has 6 nitrogen and oxygen atoms in total. The highest BCUT2D eigenvalue weighted by molar-refractivity contribution is 6.07. The Morgan fingerprint density at radius 2 is 1.78 bits per heavy atom. The first-order chi connectivity index (χ1) is 13.1. The number of fused-ring (bicyclic) bond motifs is 2. The lowest BCUT2D eigenvalue weighted by Gasteiger charge is -2.07.